The minimum Gasteiger partial charge on any atom is -0.380 e. The monoisotopic (exact) mass is 201 g/mol. The third-order valence-corrected chi connectivity index (χ3v) is 2.94. The molecule has 3 nitrogen and oxygen atoms in total. The number of nitrogens with two attached hydrogens (primary N) is 1. The highest BCUT2D eigenvalue weighted by Crippen LogP contribution is 2.31. The number of hydrogen-bond donors (Lipinski definition) is 1. The summed E-state index contributed by atoms with van der Waals surface area (Å²) in [5, 5.41) is 0. The van der Waals surface area contributed by atoms with Gasteiger partial charge in [0.15, 0.2) is 0 Å². The van der Waals surface area contributed by atoms with Crippen molar-refractivity contribution in [2.75, 3.05) is 20.3 Å². The largest absolute Gasteiger partial charge is 0.380 e. The van der Waals surface area contributed by atoms with Gasteiger partial charge in [-0.15, -0.1) is 0 Å². The lowest BCUT2D eigenvalue weighted by atomic mass is 10.1. The van der Waals surface area contributed by atoms with Gasteiger partial charge in [0, 0.05) is 19.8 Å². The van der Waals surface area contributed by atoms with Crippen LogP contribution in [-0.2, 0) is 9.47 Å². The van der Waals surface area contributed by atoms with Crippen LogP contribution < -0.4 is 5.73 Å². The van der Waals surface area contributed by atoms with E-state index in [0.717, 1.165) is 18.9 Å². The number of ether oxygens (including phenoxy) is 2. The second kappa shape index (κ2) is 5.10. The van der Waals surface area contributed by atoms with Crippen LogP contribution in [0.4, 0.5) is 0 Å². The summed E-state index contributed by atoms with van der Waals surface area (Å²) in [7, 11) is 1.73. The van der Waals surface area contributed by atoms with Crippen LogP contribution in [0.5, 0.6) is 0 Å². The molecule has 3 heteroatoms. The molecule has 2 N–H and O–H groups in total. The molecule has 1 aliphatic rings. The van der Waals surface area contributed by atoms with E-state index in [4.69, 9.17) is 15.2 Å². The fourth-order valence-electron chi connectivity index (χ4n) is 1.30. The standard InChI is InChI=1S/C11H23NO2/c1-11(2,13-3)6-7-14-8-10(12)9-4-5-9/h9-10H,4-8,12H2,1-3H3. The Balaban J connectivity index is 1.98. The lowest BCUT2D eigenvalue weighted by Gasteiger charge is -2.22. The number of rotatable bonds is 7. The second-order valence-electron chi connectivity index (χ2n) is 4.79. The first-order valence-electron chi connectivity index (χ1n) is 5.43. The Morgan fingerprint density at radius 2 is 2.07 bits per heavy atom. The van der Waals surface area contributed by atoms with Crippen molar-refractivity contribution in [2.24, 2.45) is 11.7 Å². The molecule has 1 unspecified atom stereocenters. The molecule has 84 valence electrons. The predicted molar refractivity (Wildman–Crippen MR) is 57.2 cm³/mol. The number of hydrogen-bond acceptors (Lipinski definition) is 3. The van der Waals surface area contributed by atoms with Crippen molar-refractivity contribution >= 4 is 0 Å². The van der Waals surface area contributed by atoms with Gasteiger partial charge >= 0.3 is 0 Å². The van der Waals surface area contributed by atoms with E-state index in [1.54, 1.807) is 7.11 Å². The van der Waals surface area contributed by atoms with Crippen LogP contribution in [0.1, 0.15) is 33.1 Å². The molecular formula is C11H23NO2. The van der Waals surface area contributed by atoms with Gasteiger partial charge in [0.2, 0.25) is 0 Å². The van der Waals surface area contributed by atoms with Gasteiger partial charge in [-0.2, -0.15) is 0 Å². The van der Waals surface area contributed by atoms with E-state index in [-0.39, 0.29) is 11.6 Å². The Labute approximate surface area is 86.9 Å². The summed E-state index contributed by atoms with van der Waals surface area (Å²) < 4.78 is 10.8. The quantitative estimate of drug-likeness (QED) is 0.636. The average molecular weight is 201 g/mol. The SMILES string of the molecule is COC(C)(C)CCOCC(N)C1CC1. The Morgan fingerprint density at radius 3 is 2.57 bits per heavy atom. The fourth-order valence-corrected chi connectivity index (χ4v) is 1.30. The molecule has 0 aromatic carbocycles. The first kappa shape index (κ1) is 12.0. The van der Waals surface area contributed by atoms with Crippen molar-refractivity contribution in [2.45, 2.75) is 44.8 Å². The average Bonchev–Trinajstić information content (AvgIpc) is 2.95. The molecule has 1 saturated carbocycles. The van der Waals surface area contributed by atoms with E-state index >= 15 is 0 Å². The Bertz CT molecular complexity index is 167. The molecule has 14 heavy (non-hydrogen) atoms. The molecule has 0 spiro atoms. The van der Waals surface area contributed by atoms with Crippen LogP contribution in [0.15, 0.2) is 0 Å². The molecule has 0 bridgehead atoms. The van der Waals surface area contributed by atoms with E-state index in [1.807, 2.05) is 0 Å². The fraction of sp³-hybridized carbons (Fsp3) is 1.00. The van der Waals surface area contributed by atoms with Crippen LogP contribution in [0.25, 0.3) is 0 Å². The summed E-state index contributed by atoms with van der Waals surface area (Å²) in [5.41, 5.74) is 5.83. The molecule has 1 atom stereocenters. The van der Waals surface area contributed by atoms with Crippen molar-refractivity contribution in [1.29, 1.82) is 0 Å². The van der Waals surface area contributed by atoms with Crippen LogP contribution in [-0.4, -0.2) is 32.0 Å². The maximum absolute atomic E-state index is 5.91. The normalized spacial score (nSPS) is 19.7. The summed E-state index contributed by atoms with van der Waals surface area (Å²) in [6.07, 6.45) is 3.49. The first-order chi connectivity index (χ1) is 6.55. The summed E-state index contributed by atoms with van der Waals surface area (Å²) in [6.45, 7) is 5.57. The molecule has 0 saturated heterocycles. The minimum absolute atomic E-state index is 0.0797. The lowest BCUT2D eigenvalue weighted by Crippen LogP contribution is -2.30. The first-order valence-corrected chi connectivity index (χ1v) is 5.43. The van der Waals surface area contributed by atoms with Crippen molar-refractivity contribution in [3.05, 3.63) is 0 Å². The predicted octanol–water partition coefficient (Wildman–Crippen LogP) is 1.56. The molecule has 1 aliphatic carbocycles. The summed E-state index contributed by atoms with van der Waals surface area (Å²) in [4.78, 5) is 0. The van der Waals surface area contributed by atoms with Gasteiger partial charge in [-0.25, -0.2) is 0 Å². The van der Waals surface area contributed by atoms with Gasteiger partial charge in [0.05, 0.1) is 12.2 Å². The van der Waals surface area contributed by atoms with E-state index < -0.39 is 0 Å². The third kappa shape index (κ3) is 4.40. The van der Waals surface area contributed by atoms with Crippen molar-refractivity contribution in [1.82, 2.24) is 0 Å². The van der Waals surface area contributed by atoms with Crippen LogP contribution in [0, 0.1) is 5.92 Å². The molecule has 0 amide bonds. The van der Waals surface area contributed by atoms with E-state index in [2.05, 4.69) is 13.8 Å². The van der Waals surface area contributed by atoms with E-state index in [1.165, 1.54) is 12.8 Å². The van der Waals surface area contributed by atoms with Gasteiger partial charge in [-0.3, -0.25) is 0 Å². The molecule has 0 aromatic rings. The van der Waals surface area contributed by atoms with Gasteiger partial charge < -0.3 is 15.2 Å². The Morgan fingerprint density at radius 1 is 1.43 bits per heavy atom. The highest BCUT2D eigenvalue weighted by Gasteiger charge is 2.28. The molecule has 0 aliphatic heterocycles. The maximum atomic E-state index is 5.91. The maximum Gasteiger partial charge on any atom is 0.0644 e. The molecule has 0 aromatic heterocycles. The second-order valence-corrected chi connectivity index (χ2v) is 4.79. The molecular weight excluding hydrogens is 178 g/mol. The lowest BCUT2D eigenvalue weighted by molar-refractivity contribution is -0.0118. The summed E-state index contributed by atoms with van der Waals surface area (Å²) in [5.74, 6) is 0.727. The summed E-state index contributed by atoms with van der Waals surface area (Å²) >= 11 is 0. The highest BCUT2D eigenvalue weighted by atomic mass is 16.5. The van der Waals surface area contributed by atoms with Crippen LogP contribution in [0.2, 0.25) is 0 Å². The molecule has 0 heterocycles. The van der Waals surface area contributed by atoms with Crippen LogP contribution >= 0.6 is 0 Å². The molecule has 0 radical (unpaired) electrons. The third-order valence-electron chi connectivity index (χ3n) is 2.94. The zero-order valence-electron chi connectivity index (χ0n) is 9.58. The zero-order valence-corrected chi connectivity index (χ0v) is 9.58. The molecule has 1 fully saturated rings. The van der Waals surface area contributed by atoms with E-state index in [9.17, 15) is 0 Å². The van der Waals surface area contributed by atoms with Gasteiger partial charge in [-0.05, 0) is 39.0 Å². The Hall–Kier alpha value is -0.120. The van der Waals surface area contributed by atoms with Crippen molar-refractivity contribution in [3.63, 3.8) is 0 Å². The molecule has 1 rings (SSSR count). The topological polar surface area (TPSA) is 44.5 Å². The van der Waals surface area contributed by atoms with Gasteiger partial charge in [0.1, 0.15) is 0 Å². The zero-order chi connectivity index (χ0) is 10.6. The number of methoxy groups -OCH3 is 1. The smallest absolute Gasteiger partial charge is 0.0644 e. The minimum atomic E-state index is -0.0797. The van der Waals surface area contributed by atoms with Gasteiger partial charge in [-0.1, -0.05) is 0 Å². The Kier molecular flexibility index (Phi) is 4.35. The highest BCUT2D eigenvalue weighted by molar-refractivity contribution is 4.83. The summed E-state index contributed by atoms with van der Waals surface area (Å²) in [6, 6.07) is 0.251. The van der Waals surface area contributed by atoms with Crippen molar-refractivity contribution < 1.29 is 9.47 Å². The van der Waals surface area contributed by atoms with Crippen LogP contribution in [0.3, 0.4) is 0 Å². The van der Waals surface area contributed by atoms with Gasteiger partial charge in [0.25, 0.3) is 0 Å². The van der Waals surface area contributed by atoms with Crippen molar-refractivity contribution in [3.8, 4) is 0 Å². The van der Waals surface area contributed by atoms with E-state index in [0.29, 0.717) is 6.61 Å².